The second-order valence-electron chi connectivity index (χ2n) is 2.76. The first-order valence-corrected chi connectivity index (χ1v) is 5.35. The maximum Gasteiger partial charge on any atom is 0.265 e. The number of hydrogen-bond donors (Lipinski definition) is 0. The highest BCUT2D eigenvalue weighted by Crippen LogP contribution is 2.35. The van der Waals surface area contributed by atoms with Crippen molar-refractivity contribution < 1.29 is 13.2 Å². The van der Waals surface area contributed by atoms with Crippen molar-refractivity contribution in [3.05, 3.63) is 33.4 Å². The van der Waals surface area contributed by atoms with E-state index in [0.717, 1.165) is 11.3 Å². The average molecular weight is 281 g/mol. The number of benzene rings is 1. The first-order chi connectivity index (χ1) is 6.58. The number of fused-ring (bicyclic) bond motifs is 1. The van der Waals surface area contributed by atoms with Gasteiger partial charge in [-0.05, 0) is 23.6 Å². The standard InChI is InChI=1S/C9H4BrF3S/c10-5-1-4-2-7(11)14-8(4)6(3-5)9(12)13/h1-3,9H. The lowest BCUT2D eigenvalue weighted by Crippen LogP contribution is -1.83. The van der Waals surface area contributed by atoms with E-state index in [2.05, 4.69) is 15.9 Å². The minimum Gasteiger partial charge on any atom is -0.205 e. The molecule has 74 valence electrons. The van der Waals surface area contributed by atoms with Crippen LogP contribution >= 0.6 is 27.3 Å². The molecule has 0 atom stereocenters. The predicted octanol–water partition coefficient (Wildman–Crippen LogP) is 4.74. The SMILES string of the molecule is Fc1cc2cc(Br)cc(C(F)F)c2s1. The molecule has 0 nitrogen and oxygen atoms in total. The summed E-state index contributed by atoms with van der Waals surface area (Å²) in [4.78, 5) is 0. The van der Waals surface area contributed by atoms with Crippen molar-refractivity contribution in [3.8, 4) is 0 Å². The Hall–Kier alpha value is -0.550. The van der Waals surface area contributed by atoms with Crippen molar-refractivity contribution >= 4 is 37.4 Å². The fourth-order valence-corrected chi connectivity index (χ4v) is 2.65. The van der Waals surface area contributed by atoms with Crippen LogP contribution in [0.5, 0.6) is 0 Å². The van der Waals surface area contributed by atoms with E-state index >= 15 is 0 Å². The quantitative estimate of drug-likeness (QED) is 0.708. The molecule has 0 saturated heterocycles. The molecule has 0 aliphatic carbocycles. The minimum absolute atomic E-state index is 0.122. The Balaban J connectivity index is 2.79. The Morgan fingerprint density at radius 1 is 1.21 bits per heavy atom. The zero-order valence-corrected chi connectivity index (χ0v) is 9.13. The molecule has 0 aliphatic heterocycles. The summed E-state index contributed by atoms with van der Waals surface area (Å²) in [6, 6.07) is 4.21. The Labute approximate surface area is 90.5 Å². The average Bonchev–Trinajstić information content (AvgIpc) is 2.42. The lowest BCUT2D eigenvalue weighted by atomic mass is 10.2. The maximum absolute atomic E-state index is 12.9. The monoisotopic (exact) mass is 280 g/mol. The molecule has 0 unspecified atom stereocenters. The van der Waals surface area contributed by atoms with E-state index in [9.17, 15) is 13.2 Å². The van der Waals surface area contributed by atoms with Gasteiger partial charge in [-0.15, -0.1) is 11.3 Å². The molecule has 0 amide bonds. The van der Waals surface area contributed by atoms with Crippen LogP contribution < -0.4 is 0 Å². The van der Waals surface area contributed by atoms with Crippen LogP contribution in [0.15, 0.2) is 22.7 Å². The van der Waals surface area contributed by atoms with Crippen molar-refractivity contribution in [2.24, 2.45) is 0 Å². The highest BCUT2D eigenvalue weighted by Gasteiger charge is 2.15. The van der Waals surface area contributed by atoms with E-state index < -0.39 is 11.6 Å². The molecule has 1 aromatic heterocycles. The highest BCUT2D eigenvalue weighted by atomic mass is 79.9. The van der Waals surface area contributed by atoms with Gasteiger partial charge in [0.2, 0.25) is 0 Å². The zero-order chi connectivity index (χ0) is 10.3. The third-order valence-corrected chi connectivity index (χ3v) is 3.26. The summed E-state index contributed by atoms with van der Waals surface area (Å²) in [5.74, 6) is 0. The van der Waals surface area contributed by atoms with Crippen LogP contribution in [-0.2, 0) is 0 Å². The molecule has 0 bridgehead atoms. The van der Waals surface area contributed by atoms with Gasteiger partial charge < -0.3 is 0 Å². The first-order valence-electron chi connectivity index (χ1n) is 3.74. The Bertz CT molecular complexity index is 478. The fourth-order valence-electron chi connectivity index (χ4n) is 1.27. The first kappa shape index (κ1) is 9.98. The number of rotatable bonds is 1. The van der Waals surface area contributed by atoms with Gasteiger partial charge in [-0.1, -0.05) is 15.9 Å². The molecule has 0 aliphatic rings. The van der Waals surface area contributed by atoms with Crippen LogP contribution in [0, 0.1) is 5.13 Å². The molecule has 1 aromatic carbocycles. The minimum atomic E-state index is -2.58. The summed E-state index contributed by atoms with van der Waals surface area (Å²) in [6.45, 7) is 0. The van der Waals surface area contributed by atoms with E-state index in [1.165, 1.54) is 12.1 Å². The van der Waals surface area contributed by atoms with Crippen LogP contribution in [0.2, 0.25) is 0 Å². The van der Waals surface area contributed by atoms with Gasteiger partial charge in [0.25, 0.3) is 6.43 Å². The smallest absolute Gasteiger partial charge is 0.205 e. The van der Waals surface area contributed by atoms with Crippen LogP contribution in [0.4, 0.5) is 13.2 Å². The topological polar surface area (TPSA) is 0 Å². The Kier molecular flexibility index (Phi) is 2.53. The van der Waals surface area contributed by atoms with E-state index in [0.29, 0.717) is 14.6 Å². The lowest BCUT2D eigenvalue weighted by Gasteiger charge is -2.01. The van der Waals surface area contributed by atoms with Gasteiger partial charge in [0.1, 0.15) is 0 Å². The van der Waals surface area contributed by atoms with E-state index in [1.54, 1.807) is 6.07 Å². The van der Waals surface area contributed by atoms with Gasteiger partial charge in [0, 0.05) is 14.7 Å². The van der Waals surface area contributed by atoms with Gasteiger partial charge in [-0.2, -0.15) is 4.39 Å². The molecule has 0 saturated carbocycles. The van der Waals surface area contributed by atoms with Crippen LogP contribution in [0.25, 0.3) is 10.1 Å². The lowest BCUT2D eigenvalue weighted by molar-refractivity contribution is 0.153. The van der Waals surface area contributed by atoms with Gasteiger partial charge >= 0.3 is 0 Å². The Morgan fingerprint density at radius 2 is 1.93 bits per heavy atom. The van der Waals surface area contributed by atoms with Crippen LogP contribution in [-0.4, -0.2) is 0 Å². The normalized spacial score (nSPS) is 11.5. The van der Waals surface area contributed by atoms with Crippen molar-refractivity contribution in [3.63, 3.8) is 0 Å². The molecule has 0 spiro atoms. The largest absolute Gasteiger partial charge is 0.265 e. The van der Waals surface area contributed by atoms with Crippen LogP contribution in [0.3, 0.4) is 0 Å². The number of halogens is 4. The van der Waals surface area contributed by atoms with Crippen molar-refractivity contribution in [1.82, 2.24) is 0 Å². The molecule has 1 heterocycles. The molecule has 2 aromatic rings. The summed E-state index contributed by atoms with van der Waals surface area (Å²) in [6.07, 6.45) is -2.58. The van der Waals surface area contributed by atoms with Gasteiger partial charge in [-0.25, -0.2) is 8.78 Å². The summed E-state index contributed by atoms with van der Waals surface area (Å²) in [7, 11) is 0. The van der Waals surface area contributed by atoms with Crippen molar-refractivity contribution in [2.75, 3.05) is 0 Å². The predicted molar refractivity (Wildman–Crippen MR) is 54.4 cm³/mol. The summed E-state index contributed by atoms with van der Waals surface area (Å²) in [5, 5.41) is 0.0668. The van der Waals surface area contributed by atoms with Gasteiger partial charge in [0.05, 0.1) is 0 Å². The molecule has 5 heteroatoms. The number of alkyl halides is 2. The highest BCUT2D eigenvalue weighted by molar-refractivity contribution is 9.10. The third kappa shape index (κ3) is 1.66. The summed E-state index contributed by atoms with van der Waals surface area (Å²) in [5.41, 5.74) is -0.122. The second kappa shape index (κ2) is 3.55. The molecular formula is C9H4BrF3S. The van der Waals surface area contributed by atoms with Crippen molar-refractivity contribution in [2.45, 2.75) is 6.43 Å². The van der Waals surface area contributed by atoms with E-state index in [-0.39, 0.29) is 5.56 Å². The van der Waals surface area contributed by atoms with Gasteiger partial charge in [-0.3, -0.25) is 0 Å². The molecule has 0 radical (unpaired) electrons. The van der Waals surface area contributed by atoms with Gasteiger partial charge in [0.15, 0.2) is 5.13 Å². The number of thiophene rings is 1. The molecule has 14 heavy (non-hydrogen) atoms. The Morgan fingerprint density at radius 3 is 2.57 bits per heavy atom. The van der Waals surface area contributed by atoms with Crippen molar-refractivity contribution in [1.29, 1.82) is 0 Å². The molecule has 0 N–H and O–H groups in total. The molecular weight excluding hydrogens is 277 g/mol. The zero-order valence-electron chi connectivity index (χ0n) is 6.73. The fraction of sp³-hybridized carbons (Fsp3) is 0.111. The summed E-state index contributed by atoms with van der Waals surface area (Å²) < 4.78 is 38.8. The number of hydrogen-bond acceptors (Lipinski definition) is 1. The van der Waals surface area contributed by atoms with E-state index in [4.69, 9.17) is 0 Å². The summed E-state index contributed by atoms with van der Waals surface area (Å²) >= 11 is 3.86. The van der Waals surface area contributed by atoms with E-state index in [1.807, 2.05) is 0 Å². The molecule has 0 fully saturated rings. The molecule has 2 rings (SSSR count). The maximum atomic E-state index is 12.9. The van der Waals surface area contributed by atoms with Crippen LogP contribution in [0.1, 0.15) is 12.0 Å². The second-order valence-corrected chi connectivity index (χ2v) is 4.68. The third-order valence-electron chi connectivity index (χ3n) is 1.81.